The molecule has 0 amide bonds. The molecule has 9 heteroatoms. The summed E-state index contributed by atoms with van der Waals surface area (Å²) in [6, 6.07) is 0. The van der Waals surface area contributed by atoms with E-state index in [9.17, 15) is 20.0 Å². The molecule has 0 aliphatic carbocycles. The van der Waals surface area contributed by atoms with Crippen LogP contribution in [0.15, 0.2) is 0 Å². The van der Waals surface area contributed by atoms with E-state index in [-0.39, 0.29) is 73.3 Å². The van der Waals surface area contributed by atoms with E-state index in [1.807, 2.05) is 0 Å². The number of carbonyl (C=O) groups is 1. The fraction of sp³-hybridized carbons (Fsp3) is 0.200. The van der Waals surface area contributed by atoms with Crippen molar-refractivity contribution in [3.8, 4) is 0 Å². The van der Waals surface area contributed by atoms with Gasteiger partial charge in [-0.1, -0.05) is 0 Å². The van der Waals surface area contributed by atoms with Gasteiger partial charge in [0.1, 0.15) is 10.5 Å². The Morgan fingerprint density at radius 2 is 2.00 bits per heavy atom. The molecule has 0 aliphatic rings. The van der Waals surface area contributed by atoms with Gasteiger partial charge in [0.2, 0.25) is 0 Å². The zero-order valence-electron chi connectivity index (χ0n) is 10.5. The molecular formula is C10H8KN3O4S. The number of aromatic carboxylic acids is 1. The van der Waals surface area contributed by atoms with Gasteiger partial charge in [-0.05, 0) is 13.8 Å². The third-order valence-corrected chi connectivity index (χ3v) is 3.72. The topological polar surface area (TPSA) is 122 Å². The molecule has 2 heterocycles. The number of aromatic nitrogens is 1. The molecule has 0 aromatic carbocycles. The SMILES string of the molecule is Cc1nc2sc(C(=O)[O-])c(N)c2c(C)c1[N+](=O)[O-].[K+]. The number of thiophene rings is 1. The first-order valence-corrected chi connectivity index (χ1v) is 5.71. The van der Waals surface area contributed by atoms with Gasteiger partial charge in [-0.2, -0.15) is 0 Å². The Kier molecular flexibility index (Phi) is 5.04. The van der Waals surface area contributed by atoms with Gasteiger partial charge in [0.05, 0.1) is 21.5 Å². The van der Waals surface area contributed by atoms with Crippen molar-refractivity contribution in [3.63, 3.8) is 0 Å². The normalized spacial score (nSPS) is 10.2. The summed E-state index contributed by atoms with van der Waals surface area (Å²) in [5.74, 6) is -1.41. The standard InChI is InChI=1S/C10H9N3O4S.K/c1-3-5-6(11)8(10(14)15)18-9(5)12-4(2)7(3)13(16)17;/h11H2,1-2H3,(H,14,15);/q;+1/p-1. The number of nitrogens with two attached hydrogens (primary N) is 1. The summed E-state index contributed by atoms with van der Waals surface area (Å²) in [4.78, 5) is 25.5. The van der Waals surface area contributed by atoms with Crippen LogP contribution in [0.5, 0.6) is 0 Å². The molecule has 0 unspecified atom stereocenters. The summed E-state index contributed by atoms with van der Waals surface area (Å²) in [6.07, 6.45) is 0. The van der Waals surface area contributed by atoms with Crippen LogP contribution in [-0.2, 0) is 0 Å². The van der Waals surface area contributed by atoms with Crippen molar-refractivity contribution in [2.75, 3.05) is 5.73 Å². The Morgan fingerprint density at radius 3 is 2.47 bits per heavy atom. The van der Waals surface area contributed by atoms with Crippen molar-refractivity contribution in [1.29, 1.82) is 0 Å². The summed E-state index contributed by atoms with van der Waals surface area (Å²) in [7, 11) is 0. The average Bonchev–Trinajstić information content (AvgIpc) is 2.55. The van der Waals surface area contributed by atoms with Crippen LogP contribution in [-0.4, -0.2) is 15.9 Å². The monoisotopic (exact) mass is 305 g/mol. The minimum Gasteiger partial charge on any atom is -0.544 e. The van der Waals surface area contributed by atoms with Crippen molar-refractivity contribution in [2.24, 2.45) is 0 Å². The van der Waals surface area contributed by atoms with Crippen LogP contribution in [0, 0.1) is 24.0 Å². The molecule has 2 N–H and O–H groups in total. The molecule has 0 atom stereocenters. The van der Waals surface area contributed by atoms with Gasteiger partial charge < -0.3 is 15.6 Å². The maximum absolute atomic E-state index is 10.9. The molecule has 0 aliphatic heterocycles. The van der Waals surface area contributed by atoms with E-state index in [0.717, 1.165) is 11.3 Å². The Morgan fingerprint density at radius 1 is 1.42 bits per heavy atom. The number of aryl methyl sites for hydroxylation is 2. The molecule has 94 valence electrons. The minimum absolute atomic E-state index is 0. The molecular weight excluding hydrogens is 297 g/mol. The number of nitrogens with zero attached hydrogens (tertiary/aromatic N) is 2. The van der Waals surface area contributed by atoms with Crippen LogP contribution < -0.4 is 62.2 Å². The molecule has 2 aromatic heterocycles. The maximum atomic E-state index is 10.9. The van der Waals surface area contributed by atoms with Crippen LogP contribution in [0.4, 0.5) is 11.4 Å². The van der Waals surface area contributed by atoms with E-state index >= 15 is 0 Å². The molecule has 0 bridgehead atoms. The smallest absolute Gasteiger partial charge is 0.544 e. The summed E-state index contributed by atoms with van der Waals surface area (Å²) < 4.78 is 0. The van der Waals surface area contributed by atoms with Gasteiger partial charge in [-0.3, -0.25) is 10.1 Å². The predicted octanol–water partition coefficient (Wildman–Crippen LogP) is -2.23. The van der Waals surface area contributed by atoms with Gasteiger partial charge in [0, 0.05) is 10.9 Å². The third kappa shape index (κ3) is 2.66. The fourth-order valence-corrected chi connectivity index (χ4v) is 2.92. The van der Waals surface area contributed by atoms with Crippen LogP contribution in [0.2, 0.25) is 0 Å². The summed E-state index contributed by atoms with van der Waals surface area (Å²) in [6.45, 7) is 3.02. The number of pyridine rings is 1. The zero-order chi connectivity index (χ0) is 13.6. The van der Waals surface area contributed by atoms with Crippen LogP contribution in [0.3, 0.4) is 0 Å². The van der Waals surface area contributed by atoms with Crippen molar-refractivity contribution in [2.45, 2.75) is 13.8 Å². The van der Waals surface area contributed by atoms with E-state index in [1.165, 1.54) is 13.8 Å². The molecule has 2 rings (SSSR count). The van der Waals surface area contributed by atoms with Gasteiger partial charge in [-0.25, -0.2) is 4.98 Å². The number of hydrogen-bond acceptors (Lipinski definition) is 7. The number of nitrogen functional groups attached to an aromatic ring is 1. The van der Waals surface area contributed by atoms with E-state index in [2.05, 4.69) is 4.98 Å². The van der Waals surface area contributed by atoms with Gasteiger partial charge in [0.25, 0.3) is 5.69 Å². The first-order valence-electron chi connectivity index (χ1n) is 4.89. The van der Waals surface area contributed by atoms with Gasteiger partial charge in [-0.15, -0.1) is 11.3 Å². The van der Waals surface area contributed by atoms with E-state index in [1.54, 1.807) is 0 Å². The molecule has 0 saturated heterocycles. The van der Waals surface area contributed by atoms with E-state index in [0.29, 0.717) is 15.8 Å². The maximum Gasteiger partial charge on any atom is 1.00 e. The van der Waals surface area contributed by atoms with E-state index < -0.39 is 10.9 Å². The average molecular weight is 305 g/mol. The van der Waals surface area contributed by atoms with Crippen molar-refractivity contribution >= 4 is 38.9 Å². The number of carboxylic acids is 1. The number of carbonyl (C=O) groups excluding carboxylic acids is 1. The quantitative estimate of drug-likeness (QED) is 0.381. The summed E-state index contributed by atoms with van der Waals surface area (Å²) in [5, 5.41) is 22.1. The van der Waals surface area contributed by atoms with Gasteiger partial charge >= 0.3 is 51.4 Å². The second kappa shape index (κ2) is 5.81. The van der Waals surface area contributed by atoms with Crippen LogP contribution in [0.25, 0.3) is 10.2 Å². The van der Waals surface area contributed by atoms with E-state index in [4.69, 9.17) is 5.73 Å². The zero-order valence-corrected chi connectivity index (χ0v) is 14.5. The first kappa shape index (κ1) is 16.5. The molecule has 0 spiro atoms. The van der Waals surface area contributed by atoms with Crippen molar-refractivity contribution < 1.29 is 66.2 Å². The predicted molar refractivity (Wildman–Crippen MR) is 64.5 cm³/mol. The molecule has 2 aromatic rings. The molecule has 19 heavy (non-hydrogen) atoms. The number of carboxylic acid groups (broad SMARTS) is 1. The number of hydrogen-bond donors (Lipinski definition) is 1. The van der Waals surface area contributed by atoms with Crippen molar-refractivity contribution in [3.05, 3.63) is 26.2 Å². The third-order valence-electron chi connectivity index (χ3n) is 2.64. The molecule has 7 nitrogen and oxygen atoms in total. The molecule has 0 radical (unpaired) electrons. The van der Waals surface area contributed by atoms with Crippen LogP contribution in [0.1, 0.15) is 20.9 Å². The Balaban J connectivity index is 0.00000180. The summed E-state index contributed by atoms with van der Waals surface area (Å²) in [5.41, 5.74) is 6.08. The molecule has 0 saturated carbocycles. The second-order valence-electron chi connectivity index (χ2n) is 3.74. The number of anilines is 1. The van der Waals surface area contributed by atoms with Crippen LogP contribution >= 0.6 is 11.3 Å². The fourth-order valence-electron chi connectivity index (χ4n) is 1.89. The minimum atomic E-state index is -1.41. The Hall–Kier alpha value is -0.584. The number of nitro groups is 1. The molecule has 0 fully saturated rings. The first-order chi connectivity index (χ1) is 8.34. The Bertz CT molecular complexity index is 698. The van der Waals surface area contributed by atoms with Gasteiger partial charge in [0.15, 0.2) is 0 Å². The number of rotatable bonds is 2. The number of fused-ring (bicyclic) bond motifs is 1. The van der Waals surface area contributed by atoms with Crippen molar-refractivity contribution in [1.82, 2.24) is 4.98 Å². The second-order valence-corrected chi connectivity index (χ2v) is 4.74. The largest absolute Gasteiger partial charge is 1.00 e. The summed E-state index contributed by atoms with van der Waals surface area (Å²) >= 11 is 0.860. The Labute approximate surface area is 154 Å².